The third kappa shape index (κ3) is 3.93. The second-order valence-electron chi connectivity index (χ2n) is 5.74. The highest BCUT2D eigenvalue weighted by Gasteiger charge is 2.30. The van der Waals surface area contributed by atoms with Crippen LogP contribution in [-0.2, 0) is 19.6 Å². The molecule has 0 spiro atoms. The Kier molecular flexibility index (Phi) is 4.82. The van der Waals surface area contributed by atoms with Crippen LogP contribution in [0.2, 0.25) is 0 Å². The highest BCUT2D eigenvalue weighted by molar-refractivity contribution is 7.16. The number of rotatable bonds is 4. The Morgan fingerprint density at radius 3 is 2.77 bits per heavy atom. The van der Waals surface area contributed by atoms with Crippen LogP contribution in [-0.4, -0.2) is 20.4 Å². The number of aryl methyl sites for hydroxylation is 2. The maximum atomic E-state index is 12.8. The molecule has 2 aromatic heterocycles. The Morgan fingerprint density at radius 1 is 1.35 bits per heavy atom. The summed E-state index contributed by atoms with van der Waals surface area (Å²) >= 11 is 1.25. The third-order valence-corrected chi connectivity index (χ3v) is 4.80. The second-order valence-corrected chi connectivity index (χ2v) is 6.82. The zero-order chi connectivity index (χ0) is 18.9. The minimum Gasteiger partial charge on any atom is -0.330 e. The van der Waals surface area contributed by atoms with Gasteiger partial charge in [-0.3, -0.25) is 4.79 Å². The van der Waals surface area contributed by atoms with Crippen LogP contribution in [0.5, 0.6) is 0 Å². The average molecular weight is 380 g/mol. The van der Waals surface area contributed by atoms with Gasteiger partial charge >= 0.3 is 6.18 Å². The van der Waals surface area contributed by atoms with Crippen LogP contribution in [0.15, 0.2) is 36.8 Å². The summed E-state index contributed by atoms with van der Waals surface area (Å²) in [5.41, 5.74) is 0.843. The number of alkyl halides is 3. The molecule has 0 aliphatic rings. The number of imidazole rings is 1. The second kappa shape index (κ2) is 6.91. The molecule has 0 saturated carbocycles. The van der Waals surface area contributed by atoms with Crippen molar-refractivity contribution >= 4 is 22.2 Å². The van der Waals surface area contributed by atoms with Crippen molar-refractivity contribution in [1.29, 1.82) is 0 Å². The van der Waals surface area contributed by atoms with Gasteiger partial charge in [-0.15, -0.1) is 11.3 Å². The lowest BCUT2D eigenvalue weighted by molar-refractivity contribution is -0.137. The van der Waals surface area contributed by atoms with E-state index in [-0.39, 0.29) is 12.3 Å². The van der Waals surface area contributed by atoms with Crippen molar-refractivity contribution < 1.29 is 18.0 Å². The lowest BCUT2D eigenvalue weighted by atomic mass is 10.1. The Bertz CT molecular complexity index is 946. The number of amides is 1. The van der Waals surface area contributed by atoms with E-state index in [4.69, 9.17) is 0 Å². The number of halogens is 3. The van der Waals surface area contributed by atoms with E-state index in [0.29, 0.717) is 27.0 Å². The predicted octanol–water partition coefficient (Wildman–Crippen LogP) is 4.05. The van der Waals surface area contributed by atoms with Gasteiger partial charge in [0.25, 0.3) is 5.91 Å². The predicted molar refractivity (Wildman–Crippen MR) is 92.3 cm³/mol. The molecule has 3 rings (SSSR count). The average Bonchev–Trinajstić information content (AvgIpc) is 3.13. The van der Waals surface area contributed by atoms with Crippen molar-refractivity contribution in [3.63, 3.8) is 0 Å². The lowest BCUT2D eigenvalue weighted by Gasteiger charge is -2.07. The summed E-state index contributed by atoms with van der Waals surface area (Å²) < 4.78 is 40.0. The zero-order valence-corrected chi connectivity index (χ0v) is 14.8. The summed E-state index contributed by atoms with van der Waals surface area (Å²) in [5.74, 6) is -0.317. The summed E-state index contributed by atoms with van der Waals surface area (Å²) in [5, 5.41) is 3.97. The number of hydrogen-bond acceptors (Lipinski definition) is 4. The molecule has 0 saturated heterocycles. The summed E-state index contributed by atoms with van der Waals surface area (Å²) in [6, 6.07) is 5.16. The molecule has 0 fully saturated rings. The fraction of sp³-hybridized carbons (Fsp3) is 0.235. The molecule has 0 bridgehead atoms. The van der Waals surface area contributed by atoms with Crippen LogP contribution >= 0.6 is 11.3 Å². The quantitative estimate of drug-likeness (QED) is 0.743. The van der Waals surface area contributed by atoms with Gasteiger partial charge < -0.3 is 9.88 Å². The molecule has 0 radical (unpaired) electrons. The first-order valence-electron chi connectivity index (χ1n) is 7.64. The van der Waals surface area contributed by atoms with E-state index in [1.54, 1.807) is 24.6 Å². The Morgan fingerprint density at radius 2 is 2.12 bits per heavy atom. The Balaban J connectivity index is 1.76. The monoisotopic (exact) mass is 380 g/mol. The minimum absolute atomic E-state index is 0.261. The first kappa shape index (κ1) is 18.1. The third-order valence-electron chi connectivity index (χ3n) is 3.73. The molecule has 5 nitrogen and oxygen atoms in total. The fourth-order valence-electron chi connectivity index (χ4n) is 2.42. The molecule has 1 aromatic carbocycles. The van der Waals surface area contributed by atoms with Crippen molar-refractivity contribution in [3.05, 3.63) is 64.3 Å². The molecule has 3 aromatic rings. The molecule has 9 heteroatoms. The largest absolute Gasteiger partial charge is 0.416 e. The number of aromatic nitrogens is 3. The maximum Gasteiger partial charge on any atom is 0.416 e. The smallest absolute Gasteiger partial charge is 0.330 e. The minimum atomic E-state index is -4.38. The van der Waals surface area contributed by atoms with E-state index in [1.807, 2.05) is 0 Å². The van der Waals surface area contributed by atoms with Gasteiger partial charge in [0.2, 0.25) is 0 Å². The summed E-state index contributed by atoms with van der Waals surface area (Å²) in [6.07, 6.45) is -1.14. The number of carbonyl (C=O) groups is 1. The normalized spacial score (nSPS) is 11.6. The Labute approximate surface area is 151 Å². The van der Waals surface area contributed by atoms with Crippen LogP contribution in [0.1, 0.15) is 32.3 Å². The zero-order valence-electron chi connectivity index (χ0n) is 14.0. The number of hydrogen-bond donors (Lipinski definition) is 1. The summed E-state index contributed by atoms with van der Waals surface area (Å²) in [6.45, 7) is 1.74. The van der Waals surface area contributed by atoms with E-state index in [1.165, 1.54) is 29.9 Å². The van der Waals surface area contributed by atoms with Crippen LogP contribution in [0, 0.1) is 6.92 Å². The van der Waals surface area contributed by atoms with Gasteiger partial charge in [-0.2, -0.15) is 13.2 Å². The number of nitrogens with zero attached hydrogens (tertiary/aromatic N) is 3. The molecule has 1 amide bonds. The SMILES string of the molecule is Cc1nc(Cc2cccc(C(F)(F)F)c2)sc1NC(=O)c1cncn1C. The fourth-order valence-corrected chi connectivity index (χ4v) is 3.41. The number of anilines is 1. The van der Waals surface area contributed by atoms with Gasteiger partial charge in [0.05, 0.1) is 28.8 Å². The first-order chi connectivity index (χ1) is 12.2. The van der Waals surface area contributed by atoms with E-state index in [9.17, 15) is 18.0 Å². The summed E-state index contributed by atoms with van der Waals surface area (Å²) in [7, 11) is 1.71. The van der Waals surface area contributed by atoms with Crippen LogP contribution < -0.4 is 5.32 Å². The highest BCUT2D eigenvalue weighted by Crippen LogP contribution is 2.31. The van der Waals surface area contributed by atoms with Gasteiger partial charge in [0.15, 0.2) is 0 Å². The van der Waals surface area contributed by atoms with Crippen molar-refractivity contribution in [2.24, 2.45) is 7.05 Å². The molecular formula is C17H15F3N4OS. The molecule has 26 heavy (non-hydrogen) atoms. The molecule has 0 unspecified atom stereocenters. The topological polar surface area (TPSA) is 59.8 Å². The van der Waals surface area contributed by atoms with E-state index >= 15 is 0 Å². The standard InChI is InChI=1S/C17H15F3N4OS/c1-10-16(23-15(25)13-8-21-9-24(13)2)26-14(22-10)7-11-4-3-5-12(6-11)17(18,19)20/h3-6,8-9H,7H2,1-2H3,(H,23,25). The van der Waals surface area contributed by atoms with Crippen molar-refractivity contribution in [2.45, 2.75) is 19.5 Å². The Hall–Kier alpha value is -2.68. The molecule has 0 atom stereocenters. The van der Waals surface area contributed by atoms with Crippen molar-refractivity contribution in [3.8, 4) is 0 Å². The lowest BCUT2D eigenvalue weighted by Crippen LogP contribution is -2.15. The van der Waals surface area contributed by atoms with Crippen LogP contribution in [0.25, 0.3) is 0 Å². The van der Waals surface area contributed by atoms with E-state index in [0.717, 1.165) is 12.1 Å². The number of thiazole rings is 1. The number of benzene rings is 1. The molecular weight excluding hydrogens is 365 g/mol. The van der Waals surface area contributed by atoms with Crippen molar-refractivity contribution in [1.82, 2.24) is 14.5 Å². The molecule has 0 aliphatic heterocycles. The van der Waals surface area contributed by atoms with Gasteiger partial charge in [-0.05, 0) is 18.6 Å². The molecule has 136 valence electrons. The van der Waals surface area contributed by atoms with E-state index < -0.39 is 11.7 Å². The number of nitrogens with one attached hydrogen (secondary N) is 1. The van der Waals surface area contributed by atoms with Crippen molar-refractivity contribution in [2.75, 3.05) is 5.32 Å². The van der Waals surface area contributed by atoms with Gasteiger partial charge in [-0.1, -0.05) is 18.2 Å². The molecule has 2 heterocycles. The van der Waals surface area contributed by atoms with Gasteiger partial charge in [0, 0.05) is 13.5 Å². The van der Waals surface area contributed by atoms with Crippen LogP contribution in [0.4, 0.5) is 18.2 Å². The maximum absolute atomic E-state index is 12.8. The van der Waals surface area contributed by atoms with Gasteiger partial charge in [0.1, 0.15) is 10.7 Å². The number of carbonyl (C=O) groups excluding carboxylic acids is 1. The highest BCUT2D eigenvalue weighted by atomic mass is 32.1. The molecule has 0 aliphatic carbocycles. The first-order valence-corrected chi connectivity index (χ1v) is 8.46. The van der Waals surface area contributed by atoms with Gasteiger partial charge in [-0.25, -0.2) is 9.97 Å². The molecule has 1 N–H and O–H groups in total. The van der Waals surface area contributed by atoms with Crippen LogP contribution in [0.3, 0.4) is 0 Å². The summed E-state index contributed by atoms with van der Waals surface area (Å²) in [4.78, 5) is 20.5. The van der Waals surface area contributed by atoms with E-state index in [2.05, 4.69) is 15.3 Å².